The fourth-order valence-electron chi connectivity index (χ4n) is 2.64. The molecular weight excluding hydrogens is 340 g/mol. The third-order valence-corrected chi connectivity index (χ3v) is 4.82. The minimum atomic E-state index is -0.0273. The third kappa shape index (κ3) is 7.59. The van der Waals surface area contributed by atoms with Crippen LogP contribution >= 0.6 is 0 Å². The molecule has 1 atom stereocenters. The molecule has 1 fully saturated rings. The Hall–Kier alpha value is -2.08. The number of nitrogens with zero attached hydrogens (tertiary/aromatic N) is 2. The van der Waals surface area contributed by atoms with Gasteiger partial charge in [-0.2, -0.15) is 0 Å². The standard InChI is InChI=1S/C21H34N4O2/c1-5-16(2)24-20(26)19-8-6-7-18(13-19)14-23-21(22-3)25(4)11-12-27-15-17-9-10-17/h6-8,13,16-17H,5,9-12,14-15H2,1-4H3,(H,22,23)(H,24,26). The first kappa shape index (κ1) is 21.2. The van der Waals surface area contributed by atoms with Crippen LogP contribution in [0.1, 0.15) is 49.0 Å². The highest BCUT2D eigenvalue weighted by Crippen LogP contribution is 2.28. The Morgan fingerprint density at radius 2 is 2.19 bits per heavy atom. The maximum atomic E-state index is 12.3. The quantitative estimate of drug-likeness (QED) is 0.375. The number of carbonyl (C=O) groups excluding carboxylic acids is 1. The summed E-state index contributed by atoms with van der Waals surface area (Å²) < 4.78 is 5.70. The van der Waals surface area contributed by atoms with Gasteiger partial charge in [0.1, 0.15) is 0 Å². The predicted octanol–water partition coefficient (Wildman–Crippen LogP) is 2.65. The van der Waals surface area contributed by atoms with E-state index in [1.807, 2.05) is 38.2 Å². The summed E-state index contributed by atoms with van der Waals surface area (Å²) in [6.07, 6.45) is 3.54. The van der Waals surface area contributed by atoms with Crippen LogP contribution in [0.2, 0.25) is 0 Å². The molecule has 1 aliphatic rings. The molecular formula is C21H34N4O2. The molecule has 150 valence electrons. The number of nitrogens with one attached hydrogen (secondary N) is 2. The van der Waals surface area contributed by atoms with Gasteiger partial charge >= 0.3 is 0 Å². The summed E-state index contributed by atoms with van der Waals surface area (Å²) in [5.74, 6) is 1.58. The van der Waals surface area contributed by atoms with Gasteiger partial charge in [-0.1, -0.05) is 19.1 Å². The summed E-state index contributed by atoms with van der Waals surface area (Å²) in [6.45, 7) is 7.07. The van der Waals surface area contributed by atoms with E-state index in [1.165, 1.54) is 12.8 Å². The Morgan fingerprint density at radius 3 is 2.85 bits per heavy atom. The van der Waals surface area contributed by atoms with Crippen molar-refractivity contribution in [3.63, 3.8) is 0 Å². The van der Waals surface area contributed by atoms with Gasteiger partial charge in [-0.15, -0.1) is 0 Å². The smallest absolute Gasteiger partial charge is 0.251 e. The molecule has 0 bridgehead atoms. The second kappa shape index (κ2) is 10.9. The van der Waals surface area contributed by atoms with Crippen LogP contribution in [0, 0.1) is 5.92 Å². The molecule has 0 aromatic heterocycles. The summed E-state index contributed by atoms with van der Waals surface area (Å²) >= 11 is 0. The number of aliphatic imine (C=N–C) groups is 1. The van der Waals surface area contributed by atoms with E-state index in [9.17, 15) is 4.79 Å². The van der Waals surface area contributed by atoms with Crippen molar-refractivity contribution < 1.29 is 9.53 Å². The summed E-state index contributed by atoms with van der Waals surface area (Å²) in [5.41, 5.74) is 1.73. The number of rotatable bonds is 10. The van der Waals surface area contributed by atoms with E-state index in [2.05, 4.69) is 27.4 Å². The third-order valence-electron chi connectivity index (χ3n) is 4.82. The predicted molar refractivity (Wildman–Crippen MR) is 110 cm³/mol. The summed E-state index contributed by atoms with van der Waals surface area (Å²) in [6, 6.07) is 7.88. The first-order valence-electron chi connectivity index (χ1n) is 9.92. The first-order chi connectivity index (χ1) is 13.0. The molecule has 0 radical (unpaired) electrons. The minimum Gasteiger partial charge on any atom is -0.379 e. The molecule has 1 aliphatic carbocycles. The lowest BCUT2D eigenvalue weighted by molar-refractivity contribution is 0.0939. The van der Waals surface area contributed by atoms with Gasteiger partial charge in [0.2, 0.25) is 0 Å². The molecule has 0 spiro atoms. The molecule has 1 aromatic rings. The van der Waals surface area contributed by atoms with Crippen molar-refractivity contribution in [2.75, 3.05) is 33.9 Å². The van der Waals surface area contributed by atoms with Crippen molar-refractivity contribution in [3.05, 3.63) is 35.4 Å². The molecule has 1 saturated carbocycles. The first-order valence-corrected chi connectivity index (χ1v) is 9.92. The Morgan fingerprint density at radius 1 is 1.41 bits per heavy atom. The van der Waals surface area contributed by atoms with Crippen molar-refractivity contribution in [1.29, 1.82) is 0 Å². The fourth-order valence-corrected chi connectivity index (χ4v) is 2.64. The van der Waals surface area contributed by atoms with Crippen LogP contribution in [0.25, 0.3) is 0 Å². The zero-order valence-corrected chi connectivity index (χ0v) is 17.1. The molecule has 6 heteroatoms. The Kier molecular flexibility index (Phi) is 8.58. The van der Waals surface area contributed by atoms with Crippen LogP contribution in [-0.4, -0.2) is 56.7 Å². The number of guanidine groups is 1. The van der Waals surface area contributed by atoms with Crippen LogP contribution in [0.3, 0.4) is 0 Å². The van der Waals surface area contributed by atoms with Gasteiger partial charge in [0.05, 0.1) is 6.61 Å². The topological polar surface area (TPSA) is 66.0 Å². The molecule has 1 aromatic carbocycles. The molecule has 6 nitrogen and oxygen atoms in total. The molecule has 0 heterocycles. The minimum absolute atomic E-state index is 0.0273. The van der Waals surface area contributed by atoms with Crippen LogP contribution < -0.4 is 10.6 Å². The molecule has 2 N–H and O–H groups in total. The van der Waals surface area contributed by atoms with Crippen LogP contribution in [0.15, 0.2) is 29.3 Å². The number of benzene rings is 1. The normalized spacial score (nSPS) is 15.3. The van der Waals surface area contributed by atoms with E-state index in [0.29, 0.717) is 18.7 Å². The second-order valence-electron chi connectivity index (χ2n) is 7.32. The van der Waals surface area contributed by atoms with Crippen molar-refractivity contribution in [1.82, 2.24) is 15.5 Å². The lowest BCUT2D eigenvalue weighted by atomic mass is 10.1. The largest absolute Gasteiger partial charge is 0.379 e. The average Bonchev–Trinajstić information content (AvgIpc) is 3.50. The summed E-state index contributed by atoms with van der Waals surface area (Å²) in [5, 5.41) is 6.36. The van der Waals surface area contributed by atoms with Gasteiger partial charge < -0.3 is 20.3 Å². The summed E-state index contributed by atoms with van der Waals surface area (Å²) in [7, 11) is 3.78. The summed E-state index contributed by atoms with van der Waals surface area (Å²) in [4.78, 5) is 18.7. The number of hydrogen-bond acceptors (Lipinski definition) is 3. The van der Waals surface area contributed by atoms with E-state index in [0.717, 1.165) is 37.0 Å². The highest BCUT2D eigenvalue weighted by atomic mass is 16.5. The SMILES string of the molecule is CCC(C)NC(=O)c1cccc(CNC(=NC)N(C)CCOCC2CC2)c1. The number of likely N-dealkylation sites (N-methyl/N-ethyl adjacent to an activating group) is 1. The zero-order valence-electron chi connectivity index (χ0n) is 17.1. The van der Waals surface area contributed by atoms with Crippen LogP contribution in [-0.2, 0) is 11.3 Å². The van der Waals surface area contributed by atoms with E-state index in [4.69, 9.17) is 4.74 Å². The number of carbonyl (C=O) groups is 1. The van der Waals surface area contributed by atoms with Gasteiger partial charge in [0.25, 0.3) is 5.91 Å². The molecule has 1 amide bonds. The van der Waals surface area contributed by atoms with E-state index in [1.54, 1.807) is 7.05 Å². The number of hydrogen-bond donors (Lipinski definition) is 2. The molecule has 0 aliphatic heterocycles. The maximum Gasteiger partial charge on any atom is 0.251 e. The van der Waals surface area contributed by atoms with Crippen molar-refractivity contribution >= 4 is 11.9 Å². The molecule has 2 rings (SSSR count). The molecule has 27 heavy (non-hydrogen) atoms. The number of amides is 1. The highest BCUT2D eigenvalue weighted by molar-refractivity contribution is 5.94. The fraction of sp³-hybridized carbons (Fsp3) is 0.619. The van der Waals surface area contributed by atoms with E-state index >= 15 is 0 Å². The monoisotopic (exact) mass is 374 g/mol. The van der Waals surface area contributed by atoms with Gasteiger partial charge in [-0.3, -0.25) is 9.79 Å². The molecule has 1 unspecified atom stereocenters. The maximum absolute atomic E-state index is 12.3. The van der Waals surface area contributed by atoms with Gasteiger partial charge in [-0.25, -0.2) is 0 Å². The van der Waals surface area contributed by atoms with Gasteiger partial charge in [0, 0.05) is 45.4 Å². The Labute approximate surface area is 163 Å². The Bertz CT molecular complexity index is 628. The molecule has 0 saturated heterocycles. The second-order valence-corrected chi connectivity index (χ2v) is 7.32. The van der Waals surface area contributed by atoms with Crippen molar-refractivity contribution in [3.8, 4) is 0 Å². The van der Waals surface area contributed by atoms with E-state index < -0.39 is 0 Å². The number of ether oxygens (including phenoxy) is 1. The van der Waals surface area contributed by atoms with Crippen molar-refractivity contribution in [2.24, 2.45) is 10.9 Å². The lowest BCUT2D eigenvalue weighted by Crippen LogP contribution is -2.40. The zero-order chi connectivity index (χ0) is 19.6. The highest BCUT2D eigenvalue weighted by Gasteiger charge is 2.21. The Balaban J connectivity index is 1.80. The van der Waals surface area contributed by atoms with Gasteiger partial charge in [-0.05, 0) is 49.8 Å². The van der Waals surface area contributed by atoms with Crippen LogP contribution in [0.5, 0.6) is 0 Å². The average molecular weight is 375 g/mol. The van der Waals surface area contributed by atoms with E-state index in [-0.39, 0.29) is 11.9 Å². The lowest BCUT2D eigenvalue weighted by Gasteiger charge is -2.22. The van der Waals surface area contributed by atoms with Crippen molar-refractivity contribution in [2.45, 2.75) is 45.7 Å². The van der Waals surface area contributed by atoms with Crippen LogP contribution in [0.4, 0.5) is 0 Å². The van der Waals surface area contributed by atoms with Gasteiger partial charge in [0.15, 0.2) is 5.96 Å².